The maximum absolute atomic E-state index is 6.17. The van der Waals surface area contributed by atoms with Crippen LogP contribution in [0.15, 0.2) is 18.2 Å². The highest BCUT2D eigenvalue weighted by atomic mass is 16.5. The average molecular weight is 291 g/mol. The lowest BCUT2D eigenvalue weighted by Crippen LogP contribution is -2.35. The first-order valence-corrected chi connectivity index (χ1v) is 8.35. The van der Waals surface area contributed by atoms with Crippen LogP contribution in [0.3, 0.4) is 0 Å². The summed E-state index contributed by atoms with van der Waals surface area (Å²) in [5, 5.41) is 3.59. The summed E-state index contributed by atoms with van der Waals surface area (Å²) in [6.07, 6.45) is 3.51. The molecule has 0 saturated carbocycles. The number of aryl methyl sites for hydroxylation is 1. The summed E-state index contributed by atoms with van der Waals surface area (Å²) in [6.45, 7) is 15.1. The molecule has 1 atom stereocenters. The van der Waals surface area contributed by atoms with Crippen molar-refractivity contribution in [3.05, 3.63) is 29.3 Å². The Bertz CT molecular complexity index is 420. The van der Waals surface area contributed by atoms with Crippen LogP contribution < -0.4 is 10.1 Å². The monoisotopic (exact) mass is 291 g/mol. The largest absolute Gasteiger partial charge is 0.492 e. The van der Waals surface area contributed by atoms with E-state index < -0.39 is 0 Å². The molecule has 0 saturated heterocycles. The van der Waals surface area contributed by atoms with Crippen LogP contribution in [-0.4, -0.2) is 19.2 Å². The molecule has 1 aromatic rings. The Morgan fingerprint density at radius 1 is 1.14 bits per heavy atom. The molecule has 0 fully saturated rings. The molecule has 2 nitrogen and oxygen atoms in total. The third-order valence-electron chi connectivity index (χ3n) is 3.70. The second-order valence-corrected chi connectivity index (χ2v) is 7.00. The number of nitrogens with one attached hydrogen (secondary N) is 1. The minimum Gasteiger partial charge on any atom is -0.492 e. The highest BCUT2D eigenvalue weighted by Crippen LogP contribution is 2.32. The summed E-state index contributed by atoms with van der Waals surface area (Å²) >= 11 is 0. The molecular weight excluding hydrogens is 258 g/mol. The summed E-state index contributed by atoms with van der Waals surface area (Å²) in [6, 6.07) is 6.96. The van der Waals surface area contributed by atoms with Gasteiger partial charge in [0.15, 0.2) is 0 Å². The minimum absolute atomic E-state index is 0.110. The molecule has 2 heteroatoms. The van der Waals surface area contributed by atoms with E-state index in [1.54, 1.807) is 0 Å². The van der Waals surface area contributed by atoms with E-state index in [-0.39, 0.29) is 5.41 Å². The van der Waals surface area contributed by atoms with Crippen molar-refractivity contribution in [2.45, 2.75) is 72.3 Å². The Balaban J connectivity index is 2.77. The van der Waals surface area contributed by atoms with Gasteiger partial charge in [-0.3, -0.25) is 0 Å². The Kier molecular flexibility index (Phi) is 7.24. The fourth-order valence-corrected chi connectivity index (χ4v) is 2.49. The number of hydrogen-bond acceptors (Lipinski definition) is 2. The highest BCUT2D eigenvalue weighted by molar-refractivity contribution is 5.41. The first-order valence-electron chi connectivity index (χ1n) is 8.35. The zero-order valence-corrected chi connectivity index (χ0v) is 14.8. The molecule has 0 amide bonds. The van der Waals surface area contributed by atoms with Gasteiger partial charge in [-0.25, -0.2) is 0 Å². The van der Waals surface area contributed by atoms with E-state index >= 15 is 0 Å². The quantitative estimate of drug-likeness (QED) is 0.740. The van der Waals surface area contributed by atoms with Crippen LogP contribution in [0.2, 0.25) is 0 Å². The van der Waals surface area contributed by atoms with Crippen LogP contribution in [0.1, 0.15) is 65.0 Å². The smallest absolute Gasteiger partial charge is 0.123 e. The van der Waals surface area contributed by atoms with Gasteiger partial charge < -0.3 is 10.1 Å². The number of rotatable bonds is 8. The van der Waals surface area contributed by atoms with E-state index in [0.29, 0.717) is 6.04 Å². The van der Waals surface area contributed by atoms with Crippen LogP contribution in [-0.2, 0) is 5.41 Å². The SMILES string of the molecule is CCCNC(CCC)COc1ccc(C)cc1C(C)(C)C. The number of benzene rings is 1. The summed E-state index contributed by atoms with van der Waals surface area (Å²) in [5.41, 5.74) is 2.70. The van der Waals surface area contributed by atoms with E-state index in [9.17, 15) is 0 Å². The molecule has 21 heavy (non-hydrogen) atoms. The average Bonchev–Trinajstić information content (AvgIpc) is 2.42. The molecule has 1 rings (SSSR count). The second-order valence-electron chi connectivity index (χ2n) is 7.00. The number of ether oxygens (including phenoxy) is 1. The minimum atomic E-state index is 0.110. The number of hydrogen-bond donors (Lipinski definition) is 1. The molecule has 0 heterocycles. The third kappa shape index (κ3) is 6.09. The van der Waals surface area contributed by atoms with Gasteiger partial charge in [-0.1, -0.05) is 58.7 Å². The van der Waals surface area contributed by atoms with Crippen molar-refractivity contribution in [3.63, 3.8) is 0 Å². The molecule has 0 spiro atoms. The van der Waals surface area contributed by atoms with Gasteiger partial charge in [0, 0.05) is 6.04 Å². The lowest BCUT2D eigenvalue weighted by molar-refractivity contribution is 0.251. The molecule has 0 aliphatic rings. The van der Waals surface area contributed by atoms with E-state index in [1.807, 2.05) is 0 Å². The molecule has 1 aromatic carbocycles. The van der Waals surface area contributed by atoms with Crippen LogP contribution in [0.25, 0.3) is 0 Å². The second kappa shape index (κ2) is 8.43. The van der Waals surface area contributed by atoms with Crippen molar-refractivity contribution in [2.24, 2.45) is 0 Å². The fraction of sp³-hybridized carbons (Fsp3) is 0.684. The van der Waals surface area contributed by atoms with Crippen LogP contribution in [0.4, 0.5) is 0 Å². The Labute approximate surface area is 131 Å². The molecule has 0 aliphatic carbocycles. The maximum Gasteiger partial charge on any atom is 0.123 e. The molecule has 0 aliphatic heterocycles. The molecular formula is C19H33NO. The van der Waals surface area contributed by atoms with Gasteiger partial charge in [0.2, 0.25) is 0 Å². The Morgan fingerprint density at radius 3 is 2.43 bits per heavy atom. The van der Waals surface area contributed by atoms with Crippen molar-refractivity contribution in [2.75, 3.05) is 13.2 Å². The summed E-state index contributed by atoms with van der Waals surface area (Å²) in [4.78, 5) is 0. The van der Waals surface area contributed by atoms with Crippen LogP contribution in [0.5, 0.6) is 5.75 Å². The van der Waals surface area contributed by atoms with E-state index in [1.165, 1.54) is 17.5 Å². The topological polar surface area (TPSA) is 21.3 Å². The fourth-order valence-electron chi connectivity index (χ4n) is 2.49. The lowest BCUT2D eigenvalue weighted by Gasteiger charge is -2.25. The maximum atomic E-state index is 6.17. The summed E-state index contributed by atoms with van der Waals surface area (Å²) < 4.78 is 6.17. The van der Waals surface area contributed by atoms with Gasteiger partial charge in [0.1, 0.15) is 12.4 Å². The van der Waals surface area contributed by atoms with Crippen LogP contribution in [0, 0.1) is 6.92 Å². The zero-order valence-electron chi connectivity index (χ0n) is 14.8. The predicted molar refractivity (Wildman–Crippen MR) is 92.4 cm³/mol. The third-order valence-corrected chi connectivity index (χ3v) is 3.70. The normalized spacial score (nSPS) is 13.2. The van der Waals surface area contributed by atoms with Gasteiger partial charge in [-0.05, 0) is 43.4 Å². The van der Waals surface area contributed by atoms with Gasteiger partial charge in [0.25, 0.3) is 0 Å². The standard InChI is InChI=1S/C19H33NO/c1-7-9-16(20-12-8-2)14-21-18-11-10-15(3)13-17(18)19(4,5)6/h10-11,13,16,20H,7-9,12,14H2,1-6H3. The van der Waals surface area contributed by atoms with Gasteiger partial charge in [0.05, 0.1) is 0 Å². The van der Waals surface area contributed by atoms with Crippen LogP contribution >= 0.6 is 0 Å². The van der Waals surface area contributed by atoms with Gasteiger partial charge in [-0.2, -0.15) is 0 Å². The molecule has 0 aromatic heterocycles. The molecule has 0 radical (unpaired) electrons. The first-order chi connectivity index (χ1) is 9.88. The summed E-state index contributed by atoms with van der Waals surface area (Å²) in [5.74, 6) is 1.03. The highest BCUT2D eigenvalue weighted by Gasteiger charge is 2.19. The predicted octanol–water partition coefficient (Wildman–Crippen LogP) is 4.84. The molecule has 0 bridgehead atoms. The van der Waals surface area contributed by atoms with Gasteiger partial charge in [-0.15, -0.1) is 0 Å². The first kappa shape index (κ1) is 18.0. The lowest BCUT2D eigenvalue weighted by atomic mass is 9.85. The molecule has 1 unspecified atom stereocenters. The summed E-state index contributed by atoms with van der Waals surface area (Å²) in [7, 11) is 0. The van der Waals surface area contributed by atoms with Crippen molar-refractivity contribution < 1.29 is 4.74 Å². The molecule has 120 valence electrons. The van der Waals surface area contributed by atoms with Gasteiger partial charge >= 0.3 is 0 Å². The van der Waals surface area contributed by atoms with Crippen molar-refractivity contribution in [1.82, 2.24) is 5.32 Å². The van der Waals surface area contributed by atoms with E-state index in [0.717, 1.165) is 31.7 Å². The Morgan fingerprint density at radius 2 is 1.86 bits per heavy atom. The van der Waals surface area contributed by atoms with Crippen molar-refractivity contribution >= 4 is 0 Å². The van der Waals surface area contributed by atoms with Crippen molar-refractivity contribution in [3.8, 4) is 5.75 Å². The Hall–Kier alpha value is -1.02. The van der Waals surface area contributed by atoms with Crippen molar-refractivity contribution in [1.29, 1.82) is 0 Å². The zero-order chi connectivity index (χ0) is 15.9. The van der Waals surface area contributed by atoms with E-state index in [4.69, 9.17) is 4.74 Å². The van der Waals surface area contributed by atoms with E-state index in [2.05, 4.69) is 65.1 Å². The molecule has 1 N–H and O–H groups in total.